The molecule has 2 rings (SSSR count). The lowest BCUT2D eigenvalue weighted by Gasteiger charge is -2.32. The Bertz CT molecular complexity index is 762. The molecule has 2 amide bonds. The highest BCUT2D eigenvalue weighted by Crippen LogP contribution is 2.36. The number of ether oxygens (including phenoxy) is 3. The van der Waals surface area contributed by atoms with Gasteiger partial charge in [-0.3, -0.25) is 14.4 Å². The fourth-order valence-corrected chi connectivity index (χ4v) is 3.55. The molecule has 0 N–H and O–H groups in total. The second-order valence-corrected chi connectivity index (χ2v) is 7.17. The summed E-state index contributed by atoms with van der Waals surface area (Å²) in [4.78, 5) is 40.1. The minimum Gasteiger partial charge on any atom is -0.493 e. The highest BCUT2D eigenvalue weighted by molar-refractivity contribution is 6.32. The number of benzene rings is 1. The molecule has 0 aromatic heterocycles. The minimum atomic E-state index is -0.359. The first-order chi connectivity index (χ1) is 13.8. The van der Waals surface area contributed by atoms with Crippen LogP contribution in [-0.4, -0.2) is 75.1 Å². The van der Waals surface area contributed by atoms with E-state index in [1.165, 1.54) is 31.3 Å². The molecule has 160 valence electrons. The number of nitrogens with zero attached hydrogens (tertiary/aromatic N) is 2. The minimum absolute atomic E-state index is 0.0745. The highest BCUT2D eigenvalue weighted by atomic mass is 35.5. The van der Waals surface area contributed by atoms with Crippen molar-refractivity contribution in [3.05, 3.63) is 22.7 Å². The Kier molecular flexibility index (Phi) is 8.13. The van der Waals surface area contributed by atoms with Crippen LogP contribution in [0, 0.1) is 5.92 Å². The number of hydrogen-bond acceptors (Lipinski definition) is 6. The van der Waals surface area contributed by atoms with Crippen LogP contribution in [-0.2, 0) is 14.3 Å². The van der Waals surface area contributed by atoms with Crippen molar-refractivity contribution < 1.29 is 28.6 Å². The Morgan fingerprint density at radius 2 is 1.83 bits per heavy atom. The number of likely N-dealkylation sites (N-methyl/N-ethyl adjacent to an activating group) is 1. The lowest BCUT2D eigenvalue weighted by Crippen LogP contribution is -2.45. The van der Waals surface area contributed by atoms with E-state index in [1.807, 2.05) is 0 Å². The summed E-state index contributed by atoms with van der Waals surface area (Å²) >= 11 is 6.16. The Labute approximate surface area is 175 Å². The highest BCUT2D eigenvalue weighted by Gasteiger charge is 2.29. The van der Waals surface area contributed by atoms with Crippen LogP contribution < -0.4 is 9.47 Å². The van der Waals surface area contributed by atoms with Crippen molar-refractivity contribution in [2.75, 3.05) is 47.5 Å². The van der Waals surface area contributed by atoms with Crippen LogP contribution in [0.2, 0.25) is 5.02 Å². The van der Waals surface area contributed by atoms with Crippen molar-refractivity contribution in [2.24, 2.45) is 5.92 Å². The lowest BCUT2D eigenvalue weighted by atomic mass is 9.97. The molecule has 1 fully saturated rings. The van der Waals surface area contributed by atoms with Crippen LogP contribution in [0.4, 0.5) is 0 Å². The molecule has 0 bridgehead atoms. The summed E-state index contributed by atoms with van der Waals surface area (Å²) in [6.45, 7) is 2.98. The van der Waals surface area contributed by atoms with E-state index in [2.05, 4.69) is 0 Å². The molecule has 1 aliphatic heterocycles. The molecule has 0 aliphatic carbocycles. The maximum atomic E-state index is 12.7. The number of carbonyl (C=O) groups excluding carboxylic acids is 3. The van der Waals surface area contributed by atoms with Gasteiger partial charge in [-0.25, -0.2) is 0 Å². The summed E-state index contributed by atoms with van der Waals surface area (Å²) in [5, 5.41) is 0.246. The maximum absolute atomic E-state index is 12.7. The summed E-state index contributed by atoms with van der Waals surface area (Å²) < 4.78 is 15.4. The van der Waals surface area contributed by atoms with E-state index in [9.17, 15) is 14.4 Å². The van der Waals surface area contributed by atoms with Gasteiger partial charge in [-0.15, -0.1) is 0 Å². The summed E-state index contributed by atoms with van der Waals surface area (Å²) in [6.07, 6.45) is 1.13. The molecular formula is C20H27ClN2O6. The third kappa shape index (κ3) is 5.53. The molecule has 1 saturated heterocycles. The lowest BCUT2D eigenvalue weighted by molar-refractivity contribution is -0.151. The first-order valence-corrected chi connectivity index (χ1v) is 9.81. The van der Waals surface area contributed by atoms with E-state index in [4.69, 9.17) is 25.8 Å². The fraction of sp³-hybridized carbons (Fsp3) is 0.550. The third-order valence-corrected chi connectivity index (χ3v) is 5.15. The Balaban J connectivity index is 1.97. The van der Waals surface area contributed by atoms with E-state index < -0.39 is 0 Å². The zero-order valence-corrected chi connectivity index (χ0v) is 18.0. The summed E-state index contributed by atoms with van der Waals surface area (Å²) in [7, 11) is 4.47. The number of rotatable bonds is 7. The maximum Gasteiger partial charge on any atom is 0.309 e. The van der Waals surface area contributed by atoms with E-state index >= 15 is 0 Å². The molecule has 29 heavy (non-hydrogen) atoms. The number of amides is 2. The number of piperidine rings is 1. The van der Waals surface area contributed by atoms with Crippen molar-refractivity contribution >= 4 is 29.4 Å². The van der Waals surface area contributed by atoms with Crippen molar-refractivity contribution in [3.63, 3.8) is 0 Å². The van der Waals surface area contributed by atoms with Crippen LogP contribution >= 0.6 is 11.6 Å². The number of likely N-dealkylation sites (tertiary alicyclic amines) is 1. The molecule has 9 heteroatoms. The fourth-order valence-electron chi connectivity index (χ4n) is 3.26. The molecule has 1 aromatic rings. The summed E-state index contributed by atoms with van der Waals surface area (Å²) in [5.41, 5.74) is 0.295. The van der Waals surface area contributed by atoms with Crippen LogP contribution in [0.15, 0.2) is 12.1 Å². The van der Waals surface area contributed by atoms with Gasteiger partial charge in [-0.1, -0.05) is 11.6 Å². The van der Waals surface area contributed by atoms with Crippen LogP contribution in [0.3, 0.4) is 0 Å². The molecule has 0 unspecified atom stereocenters. The number of methoxy groups -OCH3 is 2. The largest absolute Gasteiger partial charge is 0.493 e. The molecule has 8 nitrogen and oxygen atoms in total. The van der Waals surface area contributed by atoms with Gasteiger partial charge in [0.05, 0.1) is 38.3 Å². The molecule has 0 radical (unpaired) electrons. The Morgan fingerprint density at radius 1 is 1.17 bits per heavy atom. The topological polar surface area (TPSA) is 85.4 Å². The normalized spacial score (nSPS) is 14.3. The predicted molar refractivity (Wildman–Crippen MR) is 107 cm³/mol. The van der Waals surface area contributed by atoms with Gasteiger partial charge in [0, 0.05) is 25.7 Å². The Morgan fingerprint density at radius 3 is 2.38 bits per heavy atom. The van der Waals surface area contributed by atoms with Crippen molar-refractivity contribution in [1.29, 1.82) is 0 Å². The smallest absolute Gasteiger partial charge is 0.309 e. The molecule has 1 aromatic carbocycles. The zero-order chi connectivity index (χ0) is 21.6. The van der Waals surface area contributed by atoms with Crippen molar-refractivity contribution in [2.45, 2.75) is 19.8 Å². The second kappa shape index (κ2) is 10.3. The molecule has 0 saturated carbocycles. The molecule has 1 aliphatic rings. The number of carbonyl (C=O) groups is 3. The summed E-state index contributed by atoms with van der Waals surface area (Å²) in [6, 6.07) is 3.01. The van der Waals surface area contributed by atoms with Gasteiger partial charge in [0.2, 0.25) is 5.91 Å². The molecular weight excluding hydrogens is 400 g/mol. The number of esters is 1. The SMILES string of the molecule is CCOC(=O)C1CCN(C(=O)CN(C)C(=O)c2cc(Cl)c(OC)c(OC)c2)CC1. The average molecular weight is 427 g/mol. The van der Waals surface area contributed by atoms with Crippen molar-refractivity contribution in [3.8, 4) is 11.5 Å². The van der Waals surface area contributed by atoms with Crippen LogP contribution in [0.25, 0.3) is 0 Å². The average Bonchev–Trinajstić information content (AvgIpc) is 2.72. The Hall–Kier alpha value is -2.48. The van der Waals surface area contributed by atoms with E-state index in [0.717, 1.165) is 0 Å². The van der Waals surface area contributed by atoms with Gasteiger partial charge in [0.15, 0.2) is 11.5 Å². The van der Waals surface area contributed by atoms with Gasteiger partial charge in [-0.05, 0) is 31.9 Å². The van der Waals surface area contributed by atoms with Crippen LogP contribution in [0.5, 0.6) is 11.5 Å². The van der Waals surface area contributed by atoms with Gasteiger partial charge in [0.1, 0.15) is 0 Å². The van der Waals surface area contributed by atoms with E-state index in [0.29, 0.717) is 49.6 Å². The predicted octanol–water partition coefficient (Wildman–Crippen LogP) is 2.23. The van der Waals surface area contributed by atoms with Gasteiger partial charge >= 0.3 is 5.97 Å². The van der Waals surface area contributed by atoms with Gasteiger partial charge < -0.3 is 24.0 Å². The molecule has 1 heterocycles. The number of halogens is 1. The second-order valence-electron chi connectivity index (χ2n) is 6.76. The zero-order valence-electron chi connectivity index (χ0n) is 17.2. The monoisotopic (exact) mass is 426 g/mol. The quantitative estimate of drug-likeness (QED) is 0.621. The standard InChI is InChI=1S/C20H27ClN2O6/c1-5-29-20(26)13-6-8-23(9-7-13)17(24)12-22(2)19(25)14-10-15(21)18(28-4)16(11-14)27-3/h10-11,13H,5-9,12H2,1-4H3. The van der Waals surface area contributed by atoms with Crippen molar-refractivity contribution in [1.82, 2.24) is 9.80 Å². The number of hydrogen-bond donors (Lipinski definition) is 0. The first kappa shape index (κ1) is 22.8. The van der Waals surface area contributed by atoms with E-state index in [-0.39, 0.29) is 35.3 Å². The first-order valence-electron chi connectivity index (χ1n) is 9.43. The third-order valence-electron chi connectivity index (χ3n) is 4.87. The van der Waals surface area contributed by atoms with Crippen LogP contribution in [0.1, 0.15) is 30.1 Å². The molecule has 0 atom stereocenters. The molecule has 0 spiro atoms. The van der Waals surface area contributed by atoms with Gasteiger partial charge in [-0.2, -0.15) is 0 Å². The summed E-state index contributed by atoms with van der Waals surface area (Å²) in [5.74, 6) is -0.236. The van der Waals surface area contributed by atoms with Gasteiger partial charge in [0.25, 0.3) is 5.91 Å². The van der Waals surface area contributed by atoms with E-state index in [1.54, 1.807) is 18.9 Å².